The molecule has 6 aromatic heterocycles. The van der Waals surface area contributed by atoms with Crippen LogP contribution in [0.3, 0.4) is 0 Å². The number of ether oxygens (including phenoxy) is 7. The molecule has 132 heavy (non-hydrogen) atoms. The van der Waals surface area contributed by atoms with Crippen LogP contribution in [0, 0.1) is 29.6 Å². The molecule has 38 nitrogen and oxygen atoms in total. The van der Waals surface area contributed by atoms with Gasteiger partial charge in [-0.25, -0.2) is 38.8 Å². The first-order valence-corrected chi connectivity index (χ1v) is 46.0. The van der Waals surface area contributed by atoms with Crippen molar-refractivity contribution in [2.75, 3.05) is 110 Å². The number of aliphatic hydroxyl groups is 4. The van der Waals surface area contributed by atoms with Crippen LogP contribution < -0.4 is 27.4 Å². The highest BCUT2D eigenvalue weighted by Gasteiger charge is 2.53. The van der Waals surface area contributed by atoms with E-state index in [-0.39, 0.29) is 93.3 Å². The van der Waals surface area contributed by atoms with Gasteiger partial charge in [-0.15, -0.1) is 10.2 Å². The Kier molecular flexibility index (Phi) is 34.9. The summed E-state index contributed by atoms with van der Waals surface area (Å²) in [5.41, 5.74) is 27.4. The number of rotatable bonds is 30. The van der Waals surface area contributed by atoms with Gasteiger partial charge in [0.15, 0.2) is 17.0 Å². The Morgan fingerprint density at radius 3 is 2.33 bits per heavy atom. The fourth-order valence-corrected chi connectivity index (χ4v) is 18.4. The van der Waals surface area contributed by atoms with Crippen LogP contribution in [-0.2, 0) is 81.6 Å². The van der Waals surface area contributed by atoms with Gasteiger partial charge in [-0.3, -0.25) is 28.9 Å². The molecular formula is C94H128N20O18. The van der Waals surface area contributed by atoms with Crippen molar-refractivity contribution < 1.29 is 86.8 Å². The SMILES string of the molecule is CO[C@H]1C[C@@H]2CC[C@@H](C)[C@@](O)(O2)C(=O)C(=O)N2CCCC[C@H]2C(=O)OC([C@H](N)C[C@@H]2CCC(n3nncc3-c3cccc(-c4cnc(N5CCN(Cc6cn(CCOCCOCCOCCC(=O)NCCCCn7nc(-c8ccc9oc(N)nc9c8)c8c(N)ncnc87)nn6)C(CO)C5)nc4)c3)[C@H](OC)C2)CC(=O)[C@H](C)/C=C(\C)[C@@H](O)[C@@H](O)C(=O)[C@H](C)C[C@H](C)/C=C/C=C/C=C/1C. The number of amides is 2. The van der Waals surface area contributed by atoms with E-state index in [9.17, 15) is 49.2 Å². The van der Waals surface area contributed by atoms with Crippen molar-refractivity contribution in [2.45, 2.75) is 224 Å². The van der Waals surface area contributed by atoms with Gasteiger partial charge in [-0.1, -0.05) is 92.8 Å². The molecule has 2 amide bonds. The predicted molar refractivity (Wildman–Crippen MR) is 489 cm³/mol. The number of piperidine rings is 1. The average molecular weight is 1830 g/mol. The number of cyclic esters (lactones) is 1. The third kappa shape index (κ3) is 24.9. The normalized spacial score (nSPS) is 27.4. The molecule has 3 saturated heterocycles. The van der Waals surface area contributed by atoms with Crippen molar-refractivity contribution in [1.29, 1.82) is 0 Å². The number of esters is 1. The second kappa shape index (κ2) is 46.7. The van der Waals surface area contributed by atoms with Crippen LogP contribution in [-0.4, -0.2) is 284 Å². The molecule has 10 heterocycles. The molecule has 11 N–H and O–H groups in total. The standard InChI is InChI=1S/C94H128N20O18/c1-57-17-10-9-11-18-58(2)78(125-7)47-70-25-22-62(6)94(124,132-70)87(121)90(122)112-30-14-12-21-74(112)91(123)130-79(48-76(116)59(3)42-61(5)85(119)86(120)84(118)60(4)41-57)71(95)43-63-23-26-73(80(44-63)126-8)114-75(51-103-107-114)65-20-16-19-64(45-65)67-49-99-93(100-50-67)110-33-32-109(69(54-110)55-115)52-68-53-111(108-105-68)34-36-128-38-40-129-39-37-127-35-28-81(117)98-29-13-15-31-113-89-82(88(96)101-56-102-89)83(106-113)66-24-27-77-72(46-66)104-92(97)131-77/h9-11,16-20,24,27,42,45-46,49-51,53,56-57,59-60,62-63,69-71,73-74,78-80,85-86,115,119-120,124H,12-15,21-23,25-26,28-41,43-44,47-48,52,54-55,95H2,1-8H3,(H2,97,104)(H,98,117)(H2,96,101,102)/b11-9+,17-10+,58-18+,61-42+/t57-,59-,60-,62-,63+,69?,70+,71-,73?,74+,78+,79?,80-,85-,86+,94-/m1/s1. The third-order valence-electron chi connectivity index (χ3n) is 26.1. The van der Waals surface area contributed by atoms with E-state index >= 15 is 0 Å². The number of Topliss-reactive ketones (excluding diaryl/α,β-unsaturated/α-hetero) is 3. The molecule has 1 aliphatic carbocycles. The van der Waals surface area contributed by atoms with E-state index in [0.717, 1.165) is 50.5 Å². The zero-order valence-corrected chi connectivity index (χ0v) is 76.7. The zero-order chi connectivity index (χ0) is 93.7. The Morgan fingerprint density at radius 2 is 1.55 bits per heavy atom. The smallest absolute Gasteiger partial charge is 0.329 e. The van der Waals surface area contributed by atoms with Gasteiger partial charge in [0.2, 0.25) is 17.6 Å². The molecule has 38 heteroatoms. The summed E-state index contributed by atoms with van der Waals surface area (Å²) in [6.07, 6.45) is 19.0. The van der Waals surface area contributed by atoms with E-state index in [2.05, 4.69) is 50.7 Å². The van der Waals surface area contributed by atoms with Gasteiger partial charge in [0, 0.05) is 138 Å². The summed E-state index contributed by atoms with van der Waals surface area (Å²) in [6.45, 7) is 16.0. The Balaban J connectivity index is 0.554. The number of hydrogen-bond donors (Lipinski definition) is 8. The highest BCUT2D eigenvalue weighted by molar-refractivity contribution is 6.39. The van der Waals surface area contributed by atoms with Crippen LogP contribution >= 0.6 is 0 Å². The van der Waals surface area contributed by atoms with Crippen LogP contribution in [0.1, 0.15) is 150 Å². The molecule has 4 fully saturated rings. The van der Waals surface area contributed by atoms with Crippen molar-refractivity contribution in [3.8, 4) is 33.6 Å². The maximum absolute atomic E-state index is 14.9. The average Bonchev–Trinajstić information content (AvgIpc) is 1.46. The number of carbonyl (C=O) groups is 6. The predicted octanol–water partition coefficient (Wildman–Crippen LogP) is 7.24. The minimum atomic E-state index is -2.51. The van der Waals surface area contributed by atoms with Gasteiger partial charge in [0.25, 0.3) is 17.7 Å². The minimum absolute atomic E-state index is 0.00436. The van der Waals surface area contributed by atoms with Crippen molar-refractivity contribution in [3.63, 3.8) is 0 Å². The number of nitrogen functional groups attached to an aromatic ring is 2. The minimum Gasteiger partial charge on any atom is -0.459 e. The highest BCUT2D eigenvalue weighted by Crippen LogP contribution is 2.42. The highest BCUT2D eigenvalue weighted by atomic mass is 16.6. The lowest BCUT2D eigenvalue weighted by Gasteiger charge is -2.42. The number of piperazine rings is 1. The number of carbonyl (C=O) groups excluding carboxylic acids is 6. The fraction of sp³-hybridized carbons (Fsp3) is 0.574. The molecule has 0 spiro atoms. The molecule has 5 aliphatic rings. The lowest BCUT2D eigenvalue weighted by molar-refractivity contribution is -0.265. The van der Waals surface area contributed by atoms with Gasteiger partial charge < -0.3 is 90.3 Å². The zero-order valence-electron chi connectivity index (χ0n) is 76.7. The van der Waals surface area contributed by atoms with Crippen LogP contribution in [0.4, 0.5) is 17.8 Å². The first-order chi connectivity index (χ1) is 63.7. The monoisotopic (exact) mass is 1820 g/mol. The van der Waals surface area contributed by atoms with Gasteiger partial charge in [-0.05, 0) is 144 Å². The van der Waals surface area contributed by atoms with E-state index < -0.39 is 101 Å². The Labute approximate surface area is 767 Å². The Morgan fingerprint density at radius 1 is 0.773 bits per heavy atom. The number of methoxy groups -OCH3 is 2. The van der Waals surface area contributed by atoms with E-state index in [0.29, 0.717) is 176 Å². The van der Waals surface area contributed by atoms with Crippen LogP contribution in [0.5, 0.6) is 0 Å². The lowest BCUT2D eigenvalue weighted by Crippen LogP contribution is -2.61. The first-order valence-electron chi connectivity index (χ1n) is 46.0. The molecule has 3 unspecified atom stereocenters. The van der Waals surface area contributed by atoms with Gasteiger partial charge in [0.05, 0.1) is 106 Å². The fourth-order valence-electron chi connectivity index (χ4n) is 18.4. The number of nitrogens with two attached hydrogens (primary N) is 3. The van der Waals surface area contributed by atoms with Gasteiger partial charge in [-0.2, -0.15) is 10.1 Å². The summed E-state index contributed by atoms with van der Waals surface area (Å²) in [5, 5.41) is 71.8. The number of nitrogens with zero attached hydrogens (tertiary/aromatic N) is 16. The molecule has 1 saturated carbocycles. The summed E-state index contributed by atoms with van der Waals surface area (Å²) in [6, 6.07) is 10.8. The van der Waals surface area contributed by atoms with Crippen molar-refractivity contribution in [1.82, 2.24) is 79.8 Å². The summed E-state index contributed by atoms with van der Waals surface area (Å²) in [5.74, 6) is -8.44. The van der Waals surface area contributed by atoms with E-state index in [1.165, 1.54) is 19.3 Å². The van der Waals surface area contributed by atoms with Crippen LogP contribution in [0.2, 0.25) is 0 Å². The Hall–Kier alpha value is -10.9. The number of unbranched alkanes of at least 4 members (excludes halogenated alkanes) is 1. The quantitative estimate of drug-likeness (QED) is 0.00951. The van der Waals surface area contributed by atoms with Gasteiger partial charge in [0.1, 0.15) is 53.5 Å². The molecule has 13 rings (SSSR count). The van der Waals surface area contributed by atoms with E-state index in [1.54, 1.807) is 69.0 Å². The number of aryl methyl sites for hydroxylation is 1. The lowest BCUT2D eigenvalue weighted by atomic mass is 9.79. The van der Waals surface area contributed by atoms with Crippen molar-refractivity contribution in [2.24, 2.45) is 35.3 Å². The summed E-state index contributed by atoms with van der Waals surface area (Å²) >= 11 is 0. The molecule has 0 radical (unpaired) electrons. The first kappa shape index (κ1) is 98.6. The second-order valence-corrected chi connectivity index (χ2v) is 35.6. The number of aromatic nitrogens is 13. The summed E-state index contributed by atoms with van der Waals surface area (Å²) in [4.78, 5) is 113. The topological polar surface area (TPSA) is 505 Å². The number of allylic oxidation sites excluding steroid dienone is 6. The molecule has 4 aliphatic heterocycles. The molecular weight excluding hydrogens is 1700 g/mol. The summed E-state index contributed by atoms with van der Waals surface area (Å²) in [7, 11) is 3.19. The number of ketones is 3. The van der Waals surface area contributed by atoms with Gasteiger partial charge >= 0.3 is 5.97 Å². The van der Waals surface area contributed by atoms with E-state index in [1.807, 2.05) is 91.5 Å². The number of fused-ring (bicyclic) bond motifs is 5. The Bertz CT molecular complexity index is 5340. The maximum atomic E-state index is 14.9. The van der Waals surface area contributed by atoms with Crippen molar-refractivity contribution >= 4 is 75.0 Å². The second-order valence-electron chi connectivity index (χ2n) is 35.6. The number of anilines is 3. The molecule has 712 valence electrons. The molecule has 16 atom stereocenters. The number of aliphatic hydroxyl groups excluding tert-OH is 3. The van der Waals surface area contributed by atoms with Crippen molar-refractivity contribution in [3.05, 3.63) is 127 Å². The van der Waals surface area contributed by atoms with Crippen LogP contribution in [0.25, 0.3) is 55.8 Å². The van der Waals surface area contributed by atoms with Crippen LogP contribution in [0.15, 0.2) is 126 Å². The maximum Gasteiger partial charge on any atom is 0.329 e. The van der Waals surface area contributed by atoms with E-state index in [4.69, 9.17) is 69.8 Å². The summed E-state index contributed by atoms with van der Waals surface area (Å²) < 4.78 is 52.7. The number of benzene rings is 2. The molecule has 2 aromatic carbocycles. The molecule has 2 bridgehead atoms. The number of nitrogens with one attached hydrogen (secondary N) is 1. The number of hydrogen-bond acceptors (Lipinski definition) is 33. The largest absolute Gasteiger partial charge is 0.459 e. The molecule has 8 aromatic rings. The number of oxazole rings is 1. The third-order valence-corrected chi connectivity index (χ3v) is 26.1.